The molecule has 0 radical (unpaired) electrons. The molecule has 1 atom stereocenters. The fourth-order valence-electron chi connectivity index (χ4n) is 3.57. The number of carbonyl (C=O) groups is 2. The van der Waals surface area contributed by atoms with E-state index in [9.17, 15) is 14.7 Å². The molecule has 1 fully saturated rings. The van der Waals surface area contributed by atoms with Crippen molar-refractivity contribution in [3.05, 3.63) is 63.1 Å². The second kappa shape index (κ2) is 8.98. The number of methoxy groups -OCH3 is 2. The van der Waals surface area contributed by atoms with Gasteiger partial charge in [-0.05, 0) is 36.2 Å². The Kier molecular flexibility index (Phi) is 6.58. The number of likely N-dealkylation sites (tertiary alicyclic amines) is 1. The summed E-state index contributed by atoms with van der Waals surface area (Å²) in [6.45, 7) is 2.26. The molecule has 0 saturated carbocycles. The largest absolute Gasteiger partial charge is 0.507 e. The minimum absolute atomic E-state index is 0.0461. The molecular weight excluding hydrogens is 429 g/mol. The standard InChI is InChI=1S/C22H21Cl2NO5/c1-4-9-25-18(12-5-7-14(29-2)8-6-12)17(20(27)22(25)28)19(26)15-10-13(23)11-16(24)21(15)30-3/h5-8,10-11,18,26H,4,9H2,1-3H3/b19-17+. The number of benzene rings is 2. The number of ether oxygens (including phenoxy) is 2. The molecule has 2 aromatic rings. The molecule has 1 N–H and O–H groups in total. The van der Waals surface area contributed by atoms with Gasteiger partial charge in [-0.1, -0.05) is 42.3 Å². The quantitative estimate of drug-likeness (QED) is 0.387. The third-order valence-electron chi connectivity index (χ3n) is 4.90. The molecule has 2 aromatic carbocycles. The average Bonchev–Trinajstić information content (AvgIpc) is 2.98. The molecule has 158 valence electrons. The molecule has 0 spiro atoms. The van der Waals surface area contributed by atoms with Gasteiger partial charge in [0.15, 0.2) is 0 Å². The van der Waals surface area contributed by atoms with E-state index in [0.717, 1.165) is 0 Å². The van der Waals surface area contributed by atoms with Crippen LogP contribution in [-0.4, -0.2) is 42.5 Å². The number of nitrogens with zero attached hydrogens (tertiary/aromatic N) is 1. The van der Waals surface area contributed by atoms with Gasteiger partial charge >= 0.3 is 0 Å². The van der Waals surface area contributed by atoms with Crippen LogP contribution in [0, 0.1) is 0 Å². The molecule has 1 aliphatic rings. The fourth-order valence-corrected chi connectivity index (χ4v) is 4.14. The highest BCUT2D eigenvalue weighted by molar-refractivity contribution is 6.46. The van der Waals surface area contributed by atoms with Crippen LogP contribution in [0.25, 0.3) is 5.76 Å². The highest BCUT2D eigenvalue weighted by atomic mass is 35.5. The average molecular weight is 450 g/mol. The third-order valence-corrected chi connectivity index (χ3v) is 5.40. The SMILES string of the molecule is CCCN1C(=O)C(=O)/C(=C(/O)c2cc(Cl)cc(Cl)c2OC)C1c1ccc(OC)cc1. The molecule has 0 aromatic heterocycles. The van der Waals surface area contributed by atoms with Gasteiger partial charge in [0, 0.05) is 11.6 Å². The van der Waals surface area contributed by atoms with Gasteiger partial charge in [0.2, 0.25) is 0 Å². The first-order valence-electron chi connectivity index (χ1n) is 9.29. The van der Waals surface area contributed by atoms with Crippen LogP contribution in [0.15, 0.2) is 42.0 Å². The third kappa shape index (κ3) is 3.85. The van der Waals surface area contributed by atoms with Crippen molar-refractivity contribution >= 4 is 40.7 Å². The van der Waals surface area contributed by atoms with Gasteiger partial charge in [-0.3, -0.25) is 9.59 Å². The Morgan fingerprint density at radius 1 is 1.10 bits per heavy atom. The number of aliphatic hydroxyl groups excluding tert-OH is 1. The zero-order valence-electron chi connectivity index (χ0n) is 16.7. The number of Topliss-reactive ketones (excluding diaryl/α,β-unsaturated/α-hetero) is 1. The van der Waals surface area contributed by atoms with Gasteiger partial charge in [0.25, 0.3) is 11.7 Å². The van der Waals surface area contributed by atoms with E-state index in [2.05, 4.69) is 0 Å². The van der Waals surface area contributed by atoms with Crippen molar-refractivity contribution in [2.24, 2.45) is 0 Å². The second-order valence-electron chi connectivity index (χ2n) is 6.73. The summed E-state index contributed by atoms with van der Waals surface area (Å²) in [6, 6.07) is 9.13. The molecule has 30 heavy (non-hydrogen) atoms. The predicted molar refractivity (Wildman–Crippen MR) is 115 cm³/mol. The normalized spacial score (nSPS) is 18.0. The van der Waals surface area contributed by atoms with Crippen LogP contribution < -0.4 is 9.47 Å². The van der Waals surface area contributed by atoms with Gasteiger partial charge in [0.05, 0.1) is 36.4 Å². The van der Waals surface area contributed by atoms with E-state index >= 15 is 0 Å². The number of ketones is 1. The van der Waals surface area contributed by atoms with Crippen molar-refractivity contribution < 1.29 is 24.2 Å². The molecule has 1 unspecified atom stereocenters. The van der Waals surface area contributed by atoms with Crippen LogP contribution in [0.5, 0.6) is 11.5 Å². The maximum atomic E-state index is 12.9. The van der Waals surface area contributed by atoms with E-state index in [-0.39, 0.29) is 26.9 Å². The molecule has 3 rings (SSSR count). The molecular formula is C22H21Cl2NO5. The maximum Gasteiger partial charge on any atom is 0.295 e. The van der Waals surface area contributed by atoms with Gasteiger partial charge in [-0.2, -0.15) is 0 Å². The number of hydrogen-bond donors (Lipinski definition) is 1. The molecule has 1 amide bonds. The van der Waals surface area contributed by atoms with Crippen LogP contribution >= 0.6 is 23.2 Å². The summed E-state index contributed by atoms with van der Waals surface area (Å²) in [5.74, 6) is -1.05. The molecule has 1 heterocycles. The van der Waals surface area contributed by atoms with Crippen molar-refractivity contribution in [3.8, 4) is 11.5 Å². The first-order valence-corrected chi connectivity index (χ1v) is 10.0. The number of rotatable bonds is 6. The van der Waals surface area contributed by atoms with Crippen LogP contribution in [0.1, 0.15) is 30.5 Å². The van der Waals surface area contributed by atoms with Crippen molar-refractivity contribution in [2.75, 3.05) is 20.8 Å². The molecule has 1 aliphatic heterocycles. The number of aliphatic hydroxyl groups is 1. The Bertz CT molecular complexity index is 1020. The number of halogens is 2. The molecule has 1 saturated heterocycles. The summed E-state index contributed by atoms with van der Waals surface area (Å²) < 4.78 is 10.5. The molecule has 0 bridgehead atoms. The minimum atomic E-state index is -0.778. The molecule has 6 nitrogen and oxygen atoms in total. The Labute approximate surface area is 184 Å². The van der Waals surface area contributed by atoms with E-state index in [1.165, 1.54) is 24.1 Å². The Hall–Kier alpha value is -2.70. The summed E-state index contributed by atoms with van der Waals surface area (Å²) in [4.78, 5) is 27.2. The zero-order valence-corrected chi connectivity index (χ0v) is 18.3. The Morgan fingerprint density at radius 2 is 1.77 bits per heavy atom. The monoisotopic (exact) mass is 449 g/mol. The molecule has 0 aliphatic carbocycles. The van der Waals surface area contributed by atoms with Crippen LogP contribution in [0.3, 0.4) is 0 Å². The van der Waals surface area contributed by atoms with Gasteiger partial charge < -0.3 is 19.5 Å². The summed E-state index contributed by atoms with van der Waals surface area (Å²) in [7, 11) is 2.94. The zero-order chi connectivity index (χ0) is 22.0. The van der Waals surface area contributed by atoms with Crippen molar-refractivity contribution in [3.63, 3.8) is 0 Å². The second-order valence-corrected chi connectivity index (χ2v) is 7.58. The first-order chi connectivity index (χ1) is 14.3. The number of amides is 1. The number of carbonyl (C=O) groups excluding carboxylic acids is 2. The summed E-state index contributed by atoms with van der Waals surface area (Å²) in [6.07, 6.45) is 0.645. The van der Waals surface area contributed by atoms with Crippen LogP contribution in [0.2, 0.25) is 10.0 Å². The Balaban J connectivity index is 2.25. The summed E-state index contributed by atoms with van der Waals surface area (Å²) >= 11 is 12.3. The van der Waals surface area contributed by atoms with E-state index in [1.807, 2.05) is 6.92 Å². The van der Waals surface area contributed by atoms with Gasteiger partial charge in [-0.25, -0.2) is 0 Å². The summed E-state index contributed by atoms with van der Waals surface area (Å²) in [5, 5.41) is 11.6. The lowest BCUT2D eigenvalue weighted by atomic mass is 9.95. The van der Waals surface area contributed by atoms with E-state index in [0.29, 0.717) is 24.3 Å². The van der Waals surface area contributed by atoms with Gasteiger partial charge in [-0.15, -0.1) is 0 Å². The van der Waals surface area contributed by atoms with Crippen LogP contribution in [0.4, 0.5) is 0 Å². The fraction of sp³-hybridized carbons (Fsp3) is 0.273. The van der Waals surface area contributed by atoms with Crippen molar-refractivity contribution in [1.82, 2.24) is 4.90 Å². The topological polar surface area (TPSA) is 76.1 Å². The van der Waals surface area contributed by atoms with E-state index in [4.69, 9.17) is 32.7 Å². The highest BCUT2D eigenvalue weighted by Gasteiger charge is 2.46. The highest BCUT2D eigenvalue weighted by Crippen LogP contribution is 2.43. The summed E-state index contributed by atoms with van der Waals surface area (Å²) in [5.41, 5.74) is 0.760. The predicted octanol–water partition coefficient (Wildman–Crippen LogP) is 4.84. The first kappa shape index (κ1) is 22.0. The van der Waals surface area contributed by atoms with E-state index in [1.54, 1.807) is 31.4 Å². The lowest BCUT2D eigenvalue weighted by molar-refractivity contribution is -0.139. The van der Waals surface area contributed by atoms with Crippen LogP contribution in [-0.2, 0) is 9.59 Å². The molecule has 8 heteroatoms. The minimum Gasteiger partial charge on any atom is -0.507 e. The lowest BCUT2D eigenvalue weighted by Gasteiger charge is -2.25. The van der Waals surface area contributed by atoms with E-state index < -0.39 is 23.5 Å². The van der Waals surface area contributed by atoms with Crippen molar-refractivity contribution in [2.45, 2.75) is 19.4 Å². The Morgan fingerprint density at radius 3 is 2.33 bits per heavy atom. The number of hydrogen-bond acceptors (Lipinski definition) is 5. The smallest absolute Gasteiger partial charge is 0.295 e. The van der Waals surface area contributed by atoms with Gasteiger partial charge in [0.1, 0.15) is 17.3 Å². The maximum absolute atomic E-state index is 12.9. The van der Waals surface area contributed by atoms with Crippen molar-refractivity contribution in [1.29, 1.82) is 0 Å². The lowest BCUT2D eigenvalue weighted by Crippen LogP contribution is -2.30.